The van der Waals surface area contributed by atoms with Crippen LogP contribution in [-0.4, -0.2) is 29.8 Å². The quantitative estimate of drug-likeness (QED) is 0.829. The number of likely N-dealkylation sites (tertiary alicyclic amines) is 1. The minimum absolute atomic E-state index is 0.0420. The van der Waals surface area contributed by atoms with Crippen molar-refractivity contribution in [2.45, 2.75) is 19.3 Å². The van der Waals surface area contributed by atoms with Crippen LogP contribution in [0.15, 0.2) is 42.5 Å². The van der Waals surface area contributed by atoms with Gasteiger partial charge in [0, 0.05) is 29.7 Å². The molecule has 0 aromatic heterocycles. The lowest BCUT2D eigenvalue weighted by Crippen LogP contribution is -2.38. The molecular formula is C19H18ClFN2O2. The third-order valence-corrected chi connectivity index (χ3v) is 4.67. The number of hydrogen-bond donors (Lipinski definition) is 1. The van der Waals surface area contributed by atoms with Crippen LogP contribution in [-0.2, 0) is 9.59 Å². The topological polar surface area (TPSA) is 49.4 Å². The molecule has 0 aliphatic carbocycles. The first-order valence-corrected chi connectivity index (χ1v) is 8.43. The molecule has 3 rings (SSSR count). The molecule has 0 saturated carbocycles. The van der Waals surface area contributed by atoms with Gasteiger partial charge in [0.2, 0.25) is 0 Å². The molecule has 1 heterocycles. The van der Waals surface area contributed by atoms with Crippen LogP contribution in [0, 0.1) is 12.7 Å². The van der Waals surface area contributed by atoms with Gasteiger partial charge in [0.15, 0.2) is 0 Å². The number of halogens is 2. The monoisotopic (exact) mass is 360 g/mol. The number of rotatable bonds is 2. The molecule has 0 bridgehead atoms. The second kappa shape index (κ2) is 7.23. The maximum absolute atomic E-state index is 13.4. The van der Waals surface area contributed by atoms with Crippen LogP contribution in [0.3, 0.4) is 0 Å². The number of nitrogens with one attached hydrogen (secondary N) is 1. The highest BCUT2D eigenvalue weighted by Gasteiger charge is 2.31. The zero-order valence-corrected chi connectivity index (χ0v) is 14.5. The highest BCUT2D eigenvalue weighted by atomic mass is 35.5. The first kappa shape index (κ1) is 17.4. The van der Waals surface area contributed by atoms with Crippen LogP contribution in [0.4, 0.5) is 10.1 Å². The van der Waals surface area contributed by atoms with Gasteiger partial charge in [-0.2, -0.15) is 0 Å². The number of hydrogen-bond acceptors (Lipinski definition) is 2. The van der Waals surface area contributed by atoms with E-state index in [-0.39, 0.29) is 11.7 Å². The SMILES string of the molecule is Cc1ccc(Cl)cc1NC(=O)C(=O)N1CCC(c2cccc(F)c2)C1. The van der Waals surface area contributed by atoms with E-state index >= 15 is 0 Å². The summed E-state index contributed by atoms with van der Waals surface area (Å²) >= 11 is 5.93. The predicted molar refractivity (Wildman–Crippen MR) is 95.2 cm³/mol. The van der Waals surface area contributed by atoms with E-state index in [4.69, 9.17) is 11.6 Å². The summed E-state index contributed by atoms with van der Waals surface area (Å²) < 4.78 is 13.4. The van der Waals surface area contributed by atoms with Gasteiger partial charge in [-0.3, -0.25) is 9.59 Å². The maximum atomic E-state index is 13.4. The van der Waals surface area contributed by atoms with Gasteiger partial charge in [-0.05, 0) is 48.7 Å². The van der Waals surface area contributed by atoms with E-state index in [0.29, 0.717) is 30.2 Å². The molecule has 0 radical (unpaired) electrons. The molecule has 2 amide bonds. The third-order valence-electron chi connectivity index (χ3n) is 4.44. The van der Waals surface area contributed by atoms with Gasteiger partial charge in [-0.1, -0.05) is 29.8 Å². The second-order valence-corrected chi connectivity index (χ2v) is 6.64. The van der Waals surface area contributed by atoms with Gasteiger partial charge >= 0.3 is 11.8 Å². The van der Waals surface area contributed by atoms with Gasteiger partial charge in [0.05, 0.1) is 0 Å². The summed E-state index contributed by atoms with van der Waals surface area (Å²) in [5.74, 6) is -1.53. The fourth-order valence-corrected chi connectivity index (χ4v) is 3.20. The molecule has 2 aromatic carbocycles. The van der Waals surface area contributed by atoms with Gasteiger partial charge in [-0.25, -0.2) is 4.39 Å². The molecule has 2 aromatic rings. The van der Waals surface area contributed by atoms with E-state index in [1.807, 2.05) is 13.0 Å². The molecule has 1 aliphatic heterocycles. The van der Waals surface area contributed by atoms with Crippen molar-refractivity contribution in [3.05, 3.63) is 64.4 Å². The smallest absolute Gasteiger partial charge is 0.313 e. The van der Waals surface area contributed by atoms with E-state index in [2.05, 4.69) is 5.32 Å². The van der Waals surface area contributed by atoms with Crippen molar-refractivity contribution in [3.8, 4) is 0 Å². The van der Waals surface area contributed by atoms with E-state index in [1.54, 1.807) is 24.3 Å². The molecule has 4 nitrogen and oxygen atoms in total. The summed E-state index contributed by atoms with van der Waals surface area (Å²) in [6, 6.07) is 11.5. The number of carbonyl (C=O) groups is 2. The normalized spacial score (nSPS) is 16.8. The largest absolute Gasteiger partial charge is 0.334 e. The lowest BCUT2D eigenvalue weighted by Gasteiger charge is -2.17. The fourth-order valence-electron chi connectivity index (χ4n) is 3.03. The van der Waals surface area contributed by atoms with E-state index in [0.717, 1.165) is 11.1 Å². The molecule has 1 unspecified atom stereocenters. The fraction of sp³-hybridized carbons (Fsp3) is 0.263. The second-order valence-electron chi connectivity index (χ2n) is 6.21. The molecule has 1 saturated heterocycles. The predicted octanol–water partition coefficient (Wildman–Crippen LogP) is 3.74. The van der Waals surface area contributed by atoms with Gasteiger partial charge in [-0.15, -0.1) is 0 Å². The lowest BCUT2D eigenvalue weighted by molar-refractivity contribution is -0.142. The molecule has 1 N–H and O–H groups in total. The Bertz CT molecular complexity index is 825. The van der Waals surface area contributed by atoms with Crippen LogP contribution in [0.5, 0.6) is 0 Å². The van der Waals surface area contributed by atoms with E-state index < -0.39 is 11.8 Å². The van der Waals surface area contributed by atoms with E-state index in [9.17, 15) is 14.0 Å². The molecule has 0 spiro atoms. The maximum Gasteiger partial charge on any atom is 0.313 e. The van der Waals surface area contributed by atoms with Crippen LogP contribution in [0.1, 0.15) is 23.5 Å². The number of anilines is 1. The summed E-state index contributed by atoms with van der Waals surface area (Å²) in [4.78, 5) is 26.2. The Hall–Kier alpha value is -2.40. The van der Waals surface area contributed by atoms with Crippen molar-refractivity contribution < 1.29 is 14.0 Å². The number of nitrogens with zero attached hydrogens (tertiary/aromatic N) is 1. The Morgan fingerprint density at radius 2 is 2.04 bits per heavy atom. The van der Waals surface area contributed by atoms with Crippen molar-refractivity contribution in [2.75, 3.05) is 18.4 Å². The number of benzene rings is 2. The number of amides is 2. The van der Waals surface area contributed by atoms with Crippen molar-refractivity contribution >= 4 is 29.1 Å². The Morgan fingerprint density at radius 1 is 1.24 bits per heavy atom. The standard InChI is InChI=1S/C19H18ClFN2O2/c1-12-5-6-15(20)10-17(12)22-18(24)19(25)23-8-7-14(11-23)13-3-2-4-16(21)9-13/h2-6,9-10,14H,7-8,11H2,1H3,(H,22,24). The van der Waals surface area contributed by atoms with Crippen molar-refractivity contribution in [1.29, 1.82) is 0 Å². The minimum Gasteiger partial charge on any atom is -0.334 e. The Morgan fingerprint density at radius 3 is 2.80 bits per heavy atom. The first-order chi connectivity index (χ1) is 11.9. The highest BCUT2D eigenvalue weighted by molar-refractivity contribution is 6.40. The molecule has 1 fully saturated rings. The van der Waals surface area contributed by atoms with Crippen LogP contribution >= 0.6 is 11.6 Å². The highest BCUT2D eigenvalue weighted by Crippen LogP contribution is 2.28. The van der Waals surface area contributed by atoms with Crippen LogP contribution in [0.2, 0.25) is 5.02 Å². The van der Waals surface area contributed by atoms with E-state index in [1.165, 1.54) is 17.0 Å². The third kappa shape index (κ3) is 3.99. The zero-order valence-electron chi connectivity index (χ0n) is 13.8. The molecule has 130 valence electrons. The molecule has 1 atom stereocenters. The zero-order chi connectivity index (χ0) is 18.0. The summed E-state index contributed by atoms with van der Waals surface area (Å²) in [6.07, 6.45) is 0.707. The molecular weight excluding hydrogens is 343 g/mol. The van der Waals surface area contributed by atoms with Crippen LogP contribution < -0.4 is 5.32 Å². The Kier molecular flexibility index (Phi) is 5.04. The summed E-state index contributed by atoms with van der Waals surface area (Å²) in [5.41, 5.74) is 2.19. The molecule has 6 heteroatoms. The van der Waals surface area contributed by atoms with Crippen molar-refractivity contribution in [1.82, 2.24) is 4.90 Å². The Labute approximate surface area is 150 Å². The first-order valence-electron chi connectivity index (χ1n) is 8.06. The van der Waals surface area contributed by atoms with Gasteiger partial charge in [0.1, 0.15) is 5.82 Å². The minimum atomic E-state index is -0.690. The Balaban J connectivity index is 1.65. The number of aryl methyl sites for hydroxylation is 1. The lowest BCUT2D eigenvalue weighted by atomic mass is 9.98. The van der Waals surface area contributed by atoms with Crippen molar-refractivity contribution in [3.63, 3.8) is 0 Å². The average Bonchev–Trinajstić information content (AvgIpc) is 3.07. The number of carbonyl (C=O) groups excluding carboxylic acids is 2. The average molecular weight is 361 g/mol. The van der Waals surface area contributed by atoms with Crippen LogP contribution in [0.25, 0.3) is 0 Å². The van der Waals surface area contributed by atoms with Crippen molar-refractivity contribution in [2.24, 2.45) is 0 Å². The molecule has 1 aliphatic rings. The summed E-state index contributed by atoms with van der Waals surface area (Å²) in [7, 11) is 0. The summed E-state index contributed by atoms with van der Waals surface area (Å²) in [5, 5.41) is 3.10. The summed E-state index contributed by atoms with van der Waals surface area (Å²) in [6.45, 7) is 2.71. The van der Waals surface area contributed by atoms with Gasteiger partial charge < -0.3 is 10.2 Å². The molecule has 25 heavy (non-hydrogen) atoms. The van der Waals surface area contributed by atoms with Gasteiger partial charge in [0.25, 0.3) is 0 Å².